The highest BCUT2D eigenvalue weighted by Gasteiger charge is 2.22. The minimum absolute atomic E-state index is 0.229. The van der Waals surface area contributed by atoms with Crippen molar-refractivity contribution in [1.82, 2.24) is 18.9 Å². The van der Waals surface area contributed by atoms with Gasteiger partial charge in [-0.25, -0.2) is 14.2 Å². The van der Waals surface area contributed by atoms with Gasteiger partial charge in [0, 0.05) is 7.05 Å². The molecule has 2 heterocycles. The fourth-order valence-electron chi connectivity index (χ4n) is 3.35. The first kappa shape index (κ1) is 21.6. The predicted octanol–water partition coefficient (Wildman–Crippen LogP) is 4.32. The molecule has 0 saturated heterocycles. The van der Waals surface area contributed by atoms with E-state index in [-0.39, 0.29) is 11.1 Å². The minimum atomic E-state index is -0.247. The Morgan fingerprint density at radius 1 is 0.933 bits per heavy atom. The van der Waals surface area contributed by atoms with Gasteiger partial charge in [-0.15, -0.1) is 0 Å². The predicted molar refractivity (Wildman–Crippen MR) is 124 cm³/mol. The Morgan fingerprint density at radius 2 is 1.57 bits per heavy atom. The van der Waals surface area contributed by atoms with Crippen molar-refractivity contribution < 1.29 is 0 Å². The number of hydrogen-bond donors (Lipinski definition) is 0. The molecule has 0 aliphatic rings. The van der Waals surface area contributed by atoms with E-state index in [9.17, 15) is 9.59 Å². The molecule has 0 atom stereocenters. The first-order valence-corrected chi connectivity index (χ1v) is 11.0. The second kappa shape index (κ2) is 9.17. The maximum Gasteiger partial charge on any atom is 0.296 e. The molecule has 2 aromatic carbocycles. The van der Waals surface area contributed by atoms with Crippen LogP contribution in [0.3, 0.4) is 0 Å². The van der Waals surface area contributed by atoms with Crippen LogP contribution in [0.2, 0.25) is 0 Å². The van der Waals surface area contributed by atoms with Crippen molar-refractivity contribution in [1.29, 1.82) is 0 Å². The van der Waals surface area contributed by atoms with Crippen molar-refractivity contribution in [2.75, 3.05) is 5.75 Å². The molecule has 0 radical (unpaired) electrons. The van der Waals surface area contributed by atoms with Gasteiger partial charge >= 0.3 is 0 Å². The van der Waals surface area contributed by atoms with Gasteiger partial charge in [-0.3, -0.25) is 14.3 Å². The summed E-state index contributed by atoms with van der Waals surface area (Å²) < 4.78 is 4.81. The highest BCUT2D eigenvalue weighted by Crippen LogP contribution is 2.22. The third-order valence-corrected chi connectivity index (χ3v) is 5.59. The summed E-state index contributed by atoms with van der Waals surface area (Å²) in [5.74, 6) is 0.740. The smallest absolute Gasteiger partial charge is 0.283 e. The second-order valence-corrected chi connectivity index (χ2v) is 7.63. The standard InChI is InChI=1S/C21H20N4O2S.C2H6/c1-4-28-21-22-17-13-9-8-12-16(17)19(26)24(21)18-14(2)23(3)25(20(18)27)15-10-6-5-7-11-15;1-2/h5-13H,4H2,1-3H3;1-2H3. The first-order valence-electron chi connectivity index (χ1n) is 10.0. The molecule has 0 saturated carbocycles. The second-order valence-electron chi connectivity index (χ2n) is 6.40. The summed E-state index contributed by atoms with van der Waals surface area (Å²) in [6.45, 7) is 7.84. The summed E-state index contributed by atoms with van der Waals surface area (Å²) in [6.07, 6.45) is 0. The van der Waals surface area contributed by atoms with Gasteiger partial charge in [-0.05, 0) is 36.9 Å². The van der Waals surface area contributed by atoms with Crippen molar-refractivity contribution in [3.63, 3.8) is 0 Å². The number of rotatable bonds is 4. The molecule has 0 bridgehead atoms. The van der Waals surface area contributed by atoms with Gasteiger partial charge in [0.25, 0.3) is 11.1 Å². The Balaban J connectivity index is 0.00000124. The van der Waals surface area contributed by atoms with Crippen molar-refractivity contribution in [3.8, 4) is 11.4 Å². The quantitative estimate of drug-likeness (QED) is 0.363. The van der Waals surface area contributed by atoms with Crippen molar-refractivity contribution in [3.05, 3.63) is 81.0 Å². The van der Waals surface area contributed by atoms with Crippen LogP contribution < -0.4 is 11.1 Å². The summed E-state index contributed by atoms with van der Waals surface area (Å²) in [5.41, 5.74) is 1.94. The SMILES string of the molecule is CC.CCSc1nc2ccccc2c(=O)n1-c1c(C)n(C)n(-c2ccccc2)c1=O. The summed E-state index contributed by atoms with van der Waals surface area (Å²) in [7, 11) is 1.82. The van der Waals surface area contributed by atoms with Crippen molar-refractivity contribution >= 4 is 22.7 Å². The van der Waals surface area contributed by atoms with Crippen LogP contribution in [0, 0.1) is 6.92 Å². The molecule has 6 nitrogen and oxygen atoms in total. The number of aromatic nitrogens is 4. The summed E-state index contributed by atoms with van der Waals surface area (Å²) in [4.78, 5) is 31.4. The molecule has 0 aliphatic heterocycles. The molecule has 0 unspecified atom stereocenters. The van der Waals surface area contributed by atoms with Gasteiger partial charge in [0.1, 0.15) is 5.69 Å². The lowest BCUT2D eigenvalue weighted by Gasteiger charge is -2.11. The summed E-state index contributed by atoms with van der Waals surface area (Å²) in [6, 6.07) is 16.6. The van der Waals surface area contributed by atoms with Gasteiger partial charge in [-0.1, -0.05) is 62.9 Å². The Labute approximate surface area is 179 Å². The molecule has 4 aromatic rings. The highest BCUT2D eigenvalue weighted by molar-refractivity contribution is 7.99. The number of fused-ring (bicyclic) bond motifs is 1. The van der Waals surface area contributed by atoms with Gasteiger partial charge in [-0.2, -0.15) is 0 Å². The van der Waals surface area contributed by atoms with Crippen LogP contribution in [0.25, 0.3) is 22.3 Å². The molecule has 0 aliphatic carbocycles. The van der Waals surface area contributed by atoms with Crippen LogP contribution in [-0.2, 0) is 7.05 Å². The fraction of sp³-hybridized carbons (Fsp3) is 0.261. The van der Waals surface area contributed by atoms with E-state index in [4.69, 9.17) is 0 Å². The lowest BCUT2D eigenvalue weighted by molar-refractivity contribution is 0.630. The zero-order chi connectivity index (χ0) is 21.8. The molecule has 30 heavy (non-hydrogen) atoms. The van der Waals surface area contributed by atoms with Crippen LogP contribution in [0.15, 0.2) is 69.3 Å². The minimum Gasteiger partial charge on any atom is -0.283 e. The Bertz CT molecular complexity index is 1290. The molecule has 2 aromatic heterocycles. The van der Waals surface area contributed by atoms with E-state index in [1.165, 1.54) is 16.3 Å². The average molecular weight is 423 g/mol. The Hall–Kier alpha value is -3.06. The largest absolute Gasteiger partial charge is 0.296 e. The maximum atomic E-state index is 13.4. The van der Waals surface area contributed by atoms with Crippen LogP contribution in [0.4, 0.5) is 0 Å². The lowest BCUT2D eigenvalue weighted by Crippen LogP contribution is -2.28. The van der Waals surface area contributed by atoms with Crippen molar-refractivity contribution in [2.45, 2.75) is 32.9 Å². The van der Waals surface area contributed by atoms with Gasteiger partial charge in [0.05, 0.1) is 22.3 Å². The summed E-state index contributed by atoms with van der Waals surface area (Å²) >= 11 is 1.45. The maximum absolute atomic E-state index is 13.4. The van der Waals surface area contributed by atoms with E-state index < -0.39 is 0 Å². The average Bonchev–Trinajstić information content (AvgIpc) is 2.99. The third-order valence-electron chi connectivity index (χ3n) is 4.77. The first-order chi connectivity index (χ1) is 14.5. The van der Waals surface area contributed by atoms with E-state index in [1.807, 2.05) is 83.3 Å². The molecule has 7 heteroatoms. The summed E-state index contributed by atoms with van der Waals surface area (Å²) in [5, 5.41) is 1.02. The van der Waals surface area contributed by atoms with E-state index in [0.717, 1.165) is 11.4 Å². The van der Waals surface area contributed by atoms with Crippen molar-refractivity contribution in [2.24, 2.45) is 7.05 Å². The van der Waals surface area contributed by atoms with E-state index in [2.05, 4.69) is 4.98 Å². The highest BCUT2D eigenvalue weighted by atomic mass is 32.2. The molecule has 0 amide bonds. The topological polar surface area (TPSA) is 61.8 Å². The number of nitrogens with zero attached hydrogens (tertiary/aromatic N) is 4. The third kappa shape index (κ3) is 3.61. The number of benzene rings is 2. The fourth-order valence-corrected chi connectivity index (χ4v) is 4.07. The van der Waals surface area contributed by atoms with Crippen LogP contribution in [0.1, 0.15) is 26.5 Å². The molecular formula is C23H26N4O2S. The van der Waals surface area contributed by atoms with E-state index >= 15 is 0 Å². The van der Waals surface area contributed by atoms with E-state index in [0.29, 0.717) is 27.4 Å². The Kier molecular flexibility index (Phi) is 6.62. The number of thioether (sulfide) groups is 1. The van der Waals surface area contributed by atoms with Crippen LogP contribution in [0.5, 0.6) is 0 Å². The van der Waals surface area contributed by atoms with E-state index in [1.54, 1.807) is 15.4 Å². The van der Waals surface area contributed by atoms with Crippen LogP contribution in [-0.4, -0.2) is 24.7 Å². The van der Waals surface area contributed by atoms with Gasteiger partial charge < -0.3 is 0 Å². The van der Waals surface area contributed by atoms with Gasteiger partial charge in [0.15, 0.2) is 5.16 Å². The molecule has 156 valence electrons. The molecule has 0 N–H and O–H groups in total. The zero-order valence-corrected chi connectivity index (χ0v) is 18.7. The molecule has 4 rings (SSSR count). The zero-order valence-electron chi connectivity index (χ0n) is 17.9. The number of para-hydroxylation sites is 2. The number of hydrogen-bond acceptors (Lipinski definition) is 4. The molecular weight excluding hydrogens is 396 g/mol. The monoisotopic (exact) mass is 422 g/mol. The van der Waals surface area contributed by atoms with Gasteiger partial charge in [0.2, 0.25) is 0 Å². The Morgan fingerprint density at radius 3 is 2.23 bits per heavy atom. The molecule has 0 fully saturated rings. The lowest BCUT2D eigenvalue weighted by atomic mass is 10.2. The normalized spacial score (nSPS) is 10.7. The molecule has 0 spiro atoms. The van der Waals surface area contributed by atoms with Crippen LogP contribution >= 0.6 is 11.8 Å².